The first-order valence-corrected chi connectivity index (χ1v) is 19.9. The van der Waals surface area contributed by atoms with Gasteiger partial charge in [0.15, 0.2) is 11.6 Å². The number of rotatable bonds is 7. The molecule has 10 rings (SSSR count). The highest BCUT2D eigenvalue weighted by molar-refractivity contribution is 5.78. The predicted octanol–water partition coefficient (Wildman–Crippen LogP) is 9.45. The minimum atomic E-state index is -0.735. The van der Waals surface area contributed by atoms with Crippen molar-refractivity contribution in [1.82, 2.24) is 30.6 Å². The zero-order valence-electron chi connectivity index (χ0n) is 30.8. The quantitative estimate of drug-likeness (QED) is 0.121. The van der Waals surface area contributed by atoms with Gasteiger partial charge in [-0.25, -0.2) is 31.9 Å². The Kier molecular flexibility index (Phi) is 8.96. The number of halogens is 5. The third-order valence-electron chi connectivity index (χ3n) is 12.6. The molecule has 2 aromatic heterocycles. The summed E-state index contributed by atoms with van der Waals surface area (Å²) in [6.45, 7) is 2.62. The van der Waals surface area contributed by atoms with Crippen LogP contribution in [0.1, 0.15) is 110 Å². The number of benzene rings is 4. The lowest BCUT2D eigenvalue weighted by Crippen LogP contribution is -2.34. The molecule has 4 fully saturated rings. The van der Waals surface area contributed by atoms with Gasteiger partial charge < -0.3 is 30.4 Å². The molecular weight excluding hydrogens is 724 g/mol. The molecule has 0 unspecified atom stereocenters. The second-order valence-electron chi connectivity index (χ2n) is 15.9. The molecular formula is C43H43F5N8. The number of H-pyrrole nitrogens is 2. The van der Waals surface area contributed by atoms with Crippen LogP contribution >= 0.6 is 0 Å². The molecule has 0 aliphatic carbocycles. The van der Waals surface area contributed by atoms with Crippen molar-refractivity contribution in [2.75, 3.05) is 36.0 Å². The maximum atomic E-state index is 16.4. The largest absolute Gasteiger partial charge is 0.367 e. The van der Waals surface area contributed by atoms with Gasteiger partial charge in [-0.15, -0.1) is 0 Å². The number of aromatic nitrogens is 4. The van der Waals surface area contributed by atoms with Crippen LogP contribution in [0.15, 0.2) is 60.7 Å². The van der Waals surface area contributed by atoms with Crippen molar-refractivity contribution >= 4 is 33.4 Å². The van der Waals surface area contributed by atoms with Crippen LogP contribution in [0.3, 0.4) is 0 Å². The Balaban J connectivity index is 1.02. The van der Waals surface area contributed by atoms with Gasteiger partial charge >= 0.3 is 0 Å². The number of anilines is 2. The van der Waals surface area contributed by atoms with Crippen molar-refractivity contribution in [2.45, 2.75) is 81.5 Å². The molecule has 8 nitrogen and oxygen atoms in total. The molecule has 6 heterocycles. The van der Waals surface area contributed by atoms with E-state index in [4.69, 9.17) is 0 Å². The molecule has 4 aliphatic rings. The van der Waals surface area contributed by atoms with Gasteiger partial charge in [0.25, 0.3) is 0 Å². The number of hydrogen-bond acceptors (Lipinski definition) is 6. The molecule has 0 bridgehead atoms. The first kappa shape index (κ1) is 35.4. The zero-order valence-corrected chi connectivity index (χ0v) is 30.8. The van der Waals surface area contributed by atoms with Crippen molar-refractivity contribution in [2.24, 2.45) is 0 Å². The van der Waals surface area contributed by atoms with E-state index in [1.807, 2.05) is 0 Å². The van der Waals surface area contributed by atoms with Crippen molar-refractivity contribution in [3.8, 4) is 0 Å². The lowest BCUT2D eigenvalue weighted by atomic mass is 9.89. The number of piperidine rings is 1. The van der Waals surface area contributed by atoms with Gasteiger partial charge in [-0.2, -0.15) is 0 Å². The standard InChI is InChI=1S/C43H43F5N8/c44-25-7-5-23(6-8-25)24-11-15-55(16-12-24)41-31(47)17-26(18-32(41)48)56-39(27-19-35-37(21-29(27)45)53-42(51-35)33-3-1-13-49-33)9-10-40(56)28-20-36-38(22-30(28)46)54-43(52-36)34-4-2-14-50-34/h5-8,17-22,24,33-34,39-40,49-50H,1-4,9-16H2,(H,51,53)(H,52,54)/t33-,34-,39+,40+/m0/s1. The normalized spacial score (nSPS) is 23.4. The highest BCUT2D eigenvalue weighted by Crippen LogP contribution is 2.50. The summed E-state index contributed by atoms with van der Waals surface area (Å²) in [5.41, 5.74) is 4.14. The molecule has 0 amide bonds. The average molecular weight is 767 g/mol. The summed E-state index contributed by atoms with van der Waals surface area (Å²) in [5.74, 6) is -1.08. The van der Waals surface area contributed by atoms with Gasteiger partial charge in [-0.05, 0) is 112 Å². The van der Waals surface area contributed by atoms with Gasteiger partial charge in [0, 0.05) is 42.0 Å². The number of nitrogens with one attached hydrogen (secondary N) is 4. The summed E-state index contributed by atoms with van der Waals surface area (Å²) in [5, 5.41) is 6.85. The predicted molar refractivity (Wildman–Crippen MR) is 206 cm³/mol. The van der Waals surface area contributed by atoms with E-state index in [0.717, 1.165) is 56.0 Å². The second kappa shape index (κ2) is 14.2. The van der Waals surface area contributed by atoms with E-state index < -0.39 is 35.4 Å². The van der Waals surface area contributed by atoms with Gasteiger partial charge in [-0.3, -0.25) is 0 Å². The van der Waals surface area contributed by atoms with Crippen LogP contribution in [-0.4, -0.2) is 46.1 Å². The number of nitrogens with zero attached hydrogens (tertiary/aromatic N) is 4. The van der Waals surface area contributed by atoms with E-state index in [9.17, 15) is 4.39 Å². The van der Waals surface area contributed by atoms with Crippen molar-refractivity contribution in [1.29, 1.82) is 0 Å². The average Bonchev–Trinajstić information content (AvgIpc) is 4.04. The fourth-order valence-electron chi connectivity index (χ4n) is 9.77. The van der Waals surface area contributed by atoms with Crippen LogP contribution in [0, 0.1) is 29.1 Å². The molecule has 4 N–H and O–H groups in total. The van der Waals surface area contributed by atoms with E-state index >= 15 is 17.6 Å². The van der Waals surface area contributed by atoms with Crippen LogP contribution in [-0.2, 0) is 0 Å². The summed E-state index contributed by atoms with van der Waals surface area (Å²) < 4.78 is 78.9. The summed E-state index contributed by atoms with van der Waals surface area (Å²) in [6, 6.07) is 14.2. The van der Waals surface area contributed by atoms with Crippen molar-refractivity contribution in [3.63, 3.8) is 0 Å². The van der Waals surface area contributed by atoms with E-state index in [1.54, 1.807) is 34.1 Å². The first-order valence-electron chi connectivity index (χ1n) is 19.9. The van der Waals surface area contributed by atoms with E-state index in [0.29, 0.717) is 72.0 Å². The van der Waals surface area contributed by atoms with Crippen LogP contribution < -0.4 is 20.4 Å². The van der Waals surface area contributed by atoms with E-state index in [1.165, 1.54) is 36.4 Å². The molecule has 4 aliphatic heterocycles. The van der Waals surface area contributed by atoms with Crippen molar-refractivity contribution < 1.29 is 22.0 Å². The number of imidazole rings is 2. The molecule has 0 saturated carbocycles. The minimum absolute atomic E-state index is 0.0600. The molecule has 13 heteroatoms. The zero-order chi connectivity index (χ0) is 38.1. The molecule has 0 spiro atoms. The smallest absolute Gasteiger partial charge is 0.151 e. The summed E-state index contributed by atoms with van der Waals surface area (Å²) >= 11 is 0. The number of fused-ring (bicyclic) bond motifs is 2. The summed E-state index contributed by atoms with van der Waals surface area (Å²) in [6.07, 6.45) is 6.05. The van der Waals surface area contributed by atoms with Gasteiger partial charge in [0.1, 0.15) is 34.8 Å². The monoisotopic (exact) mass is 766 g/mol. The minimum Gasteiger partial charge on any atom is -0.367 e. The Morgan fingerprint density at radius 1 is 0.571 bits per heavy atom. The second-order valence-corrected chi connectivity index (χ2v) is 15.9. The van der Waals surface area contributed by atoms with E-state index in [-0.39, 0.29) is 35.2 Å². The fourth-order valence-corrected chi connectivity index (χ4v) is 9.77. The highest BCUT2D eigenvalue weighted by atomic mass is 19.1. The van der Waals surface area contributed by atoms with Gasteiger partial charge in [0.05, 0.1) is 46.2 Å². The lowest BCUT2D eigenvalue weighted by molar-refractivity contribution is 0.485. The molecule has 0 radical (unpaired) electrons. The number of hydrogen-bond donors (Lipinski definition) is 4. The Labute approximate surface area is 320 Å². The lowest BCUT2D eigenvalue weighted by Gasteiger charge is -2.36. The maximum absolute atomic E-state index is 16.4. The summed E-state index contributed by atoms with van der Waals surface area (Å²) in [7, 11) is 0. The van der Waals surface area contributed by atoms with Gasteiger partial charge in [0.2, 0.25) is 0 Å². The van der Waals surface area contributed by atoms with Crippen LogP contribution in [0.5, 0.6) is 0 Å². The maximum Gasteiger partial charge on any atom is 0.151 e. The Morgan fingerprint density at radius 3 is 1.57 bits per heavy atom. The molecule has 56 heavy (non-hydrogen) atoms. The highest BCUT2D eigenvalue weighted by Gasteiger charge is 2.40. The summed E-state index contributed by atoms with van der Waals surface area (Å²) in [4.78, 5) is 19.6. The molecule has 4 atom stereocenters. The van der Waals surface area contributed by atoms with Crippen molar-refractivity contribution in [3.05, 3.63) is 118 Å². The topological polar surface area (TPSA) is 87.9 Å². The van der Waals surface area contributed by atoms with Crippen LogP contribution in [0.25, 0.3) is 22.1 Å². The Morgan fingerprint density at radius 2 is 1.09 bits per heavy atom. The number of aromatic amines is 2. The van der Waals surface area contributed by atoms with E-state index in [2.05, 4.69) is 30.6 Å². The SMILES string of the molecule is Fc1ccc(C2CCN(c3c(F)cc(N4[C@@H](c5cc6[nH]c([C@@H]7CCCN7)nc6cc5F)CC[C@@H]4c4cc5[nH]c([C@@H]6CCCN6)nc5cc4F)cc3F)CC2)cc1. The van der Waals surface area contributed by atoms with Crippen LogP contribution in [0.4, 0.5) is 33.3 Å². The van der Waals surface area contributed by atoms with Gasteiger partial charge in [-0.1, -0.05) is 12.1 Å². The molecule has 4 aromatic carbocycles. The fraction of sp³-hybridized carbons (Fsp3) is 0.395. The third-order valence-corrected chi connectivity index (χ3v) is 12.6. The van der Waals surface area contributed by atoms with Crippen LogP contribution in [0.2, 0.25) is 0 Å². The molecule has 290 valence electrons. The molecule has 6 aromatic rings. The third kappa shape index (κ3) is 6.28. The first-order chi connectivity index (χ1) is 27.3. The Hall–Kier alpha value is -5.01. The Bertz CT molecular complexity index is 2280. The molecule has 4 saturated heterocycles.